The summed E-state index contributed by atoms with van der Waals surface area (Å²) in [5, 5.41) is 9.67. The Morgan fingerprint density at radius 2 is 2.12 bits per heavy atom. The van der Waals surface area contributed by atoms with Crippen molar-refractivity contribution in [1.29, 1.82) is 0 Å². The van der Waals surface area contributed by atoms with Crippen LogP contribution < -0.4 is 10.5 Å². The molecule has 1 saturated carbocycles. The molecule has 3 N–H and O–H groups in total. The highest BCUT2D eigenvalue weighted by Gasteiger charge is 2.57. The minimum Gasteiger partial charge on any atom is -0.504 e. The predicted octanol–water partition coefficient (Wildman–Crippen LogP) is 2.49. The van der Waals surface area contributed by atoms with E-state index < -0.39 is 0 Å². The van der Waals surface area contributed by atoms with E-state index in [2.05, 4.69) is 13.8 Å². The molecule has 0 unspecified atom stereocenters. The normalized spacial score (nSPS) is 25.6. The smallest absolute Gasteiger partial charge is 0.161 e. The van der Waals surface area contributed by atoms with E-state index in [1.165, 1.54) is 5.56 Å². The highest BCUT2D eigenvalue weighted by molar-refractivity contribution is 5.45. The Bertz CT molecular complexity index is 415. The van der Waals surface area contributed by atoms with E-state index in [-0.39, 0.29) is 11.2 Å². The first kappa shape index (κ1) is 12.2. The van der Waals surface area contributed by atoms with Gasteiger partial charge in [-0.05, 0) is 48.4 Å². The lowest BCUT2D eigenvalue weighted by atomic mass is 10.0. The maximum Gasteiger partial charge on any atom is 0.161 e. The predicted molar refractivity (Wildman–Crippen MR) is 68.3 cm³/mol. The third-order valence-electron chi connectivity index (χ3n) is 3.95. The monoisotopic (exact) mass is 235 g/mol. The molecule has 1 aromatic carbocycles. The van der Waals surface area contributed by atoms with Gasteiger partial charge in [0.25, 0.3) is 0 Å². The van der Waals surface area contributed by atoms with Crippen LogP contribution in [0, 0.1) is 11.3 Å². The Morgan fingerprint density at radius 1 is 1.41 bits per heavy atom. The highest BCUT2D eigenvalue weighted by Crippen LogP contribution is 2.64. The van der Waals surface area contributed by atoms with Crippen LogP contribution in [0.2, 0.25) is 0 Å². The van der Waals surface area contributed by atoms with Crippen LogP contribution in [-0.2, 0) is 0 Å². The highest BCUT2D eigenvalue weighted by atomic mass is 16.5. The van der Waals surface area contributed by atoms with Crippen LogP contribution in [0.1, 0.15) is 32.3 Å². The molecular formula is C14H21NO2. The third kappa shape index (κ3) is 2.00. The Balaban J connectivity index is 2.26. The molecule has 1 aromatic rings. The SMILES string of the molecule is CCOc1cc([C@@H]2[C@@H](CN)C2(C)C)ccc1O. The Labute approximate surface area is 103 Å². The number of rotatable bonds is 4. The molecule has 0 spiro atoms. The van der Waals surface area contributed by atoms with Crippen molar-refractivity contribution in [3.05, 3.63) is 23.8 Å². The molecule has 1 aliphatic rings. The van der Waals surface area contributed by atoms with Crippen LogP contribution in [0.25, 0.3) is 0 Å². The summed E-state index contributed by atoms with van der Waals surface area (Å²) in [4.78, 5) is 0. The second-order valence-electron chi connectivity index (χ2n) is 5.30. The van der Waals surface area contributed by atoms with Crippen LogP contribution in [0.15, 0.2) is 18.2 Å². The zero-order valence-electron chi connectivity index (χ0n) is 10.7. The summed E-state index contributed by atoms with van der Waals surface area (Å²) < 4.78 is 5.41. The van der Waals surface area contributed by atoms with Gasteiger partial charge in [0.15, 0.2) is 11.5 Å². The second kappa shape index (κ2) is 4.22. The van der Waals surface area contributed by atoms with Gasteiger partial charge in [-0.2, -0.15) is 0 Å². The van der Waals surface area contributed by atoms with Crippen molar-refractivity contribution in [3.8, 4) is 11.5 Å². The molecule has 0 aromatic heterocycles. The van der Waals surface area contributed by atoms with Crippen molar-refractivity contribution in [3.63, 3.8) is 0 Å². The Morgan fingerprint density at radius 3 is 2.65 bits per heavy atom. The summed E-state index contributed by atoms with van der Waals surface area (Å²) in [5.41, 5.74) is 7.26. The molecule has 3 nitrogen and oxygen atoms in total. The average molecular weight is 235 g/mol. The minimum atomic E-state index is 0.207. The van der Waals surface area contributed by atoms with Gasteiger partial charge in [0.2, 0.25) is 0 Å². The van der Waals surface area contributed by atoms with E-state index >= 15 is 0 Å². The van der Waals surface area contributed by atoms with Crippen molar-refractivity contribution < 1.29 is 9.84 Å². The zero-order valence-corrected chi connectivity index (χ0v) is 10.7. The number of aromatic hydroxyl groups is 1. The molecule has 0 saturated heterocycles. The van der Waals surface area contributed by atoms with Gasteiger partial charge in [-0.3, -0.25) is 0 Å². The standard InChI is InChI=1S/C14H21NO2/c1-4-17-12-7-9(5-6-11(12)16)13-10(8-15)14(13,2)3/h5-7,10,13,16H,4,8,15H2,1-3H3/t10-,13-/m1/s1. The topological polar surface area (TPSA) is 55.5 Å². The number of ether oxygens (including phenoxy) is 1. The summed E-state index contributed by atoms with van der Waals surface area (Å²) in [6, 6.07) is 5.63. The van der Waals surface area contributed by atoms with Gasteiger partial charge in [0.05, 0.1) is 6.61 Å². The number of hydrogen-bond donors (Lipinski definition) is 2. The molecule has 2 atom stereocenters. The van der Waals surface area contributed by atoms with Gasteiger partial charge >= 0.3 is 0 Å². The molecule has 0 radical (unpaired) electrons. The van der Waals surface area contributed by atoms with Gasteiger partial charge in [-0.1, -0.05) is 19.9 Å². The van der Waals surface area contributed by atoms with Crippen molar-refractivity contribution in [2.75, 3.05) is 13.2 Å². The van der Waals surface area contributed by atoms with Crippen LogP contribution in [0.5, 0.6) is 11.5 Å². The average Bonchev–Trinajstić information content (AvgIpc) is 2.84. The molecule has 3 heteroatoms. The molecular weight excluding hydrogens is 214 g/mol. The maximum absolute atomic E-state index is 9.67. The summed E-state index contributed by atoms with van der Waals surface area (Å²) in [5.74, 6) is 1.79. The van der Waals surface area contributed by atoms with E-state index in [1.807, 2.05) is 19.1 Å². The van der Waals surface area contributed by atoms with Gasteiger partial charge < -0.3 is 15.6 Å². The number of benzene rings is 1. The lowest BCUT2D eigenvalue weighted by Crippen LogP contribution is -2.05. The van der Waals surface area contributed by atoms with Crippen LogP contribution in [-0.4, -0.2) is 18.3 Å². The van der Waals surface area contributed by atoms with E-state index in [0.717, 1.165) is 0 Å². The zero-order chi connectivity index (χ0) is 12.6. The molecule has 0 amide bonds. The fourth-order valence-electron chi connectivity index (χ4n) is 2.84. The van der Waals surface area contributed by atoms with E-state index in [0.29, 0.717) is 30.7 Å². The summed E-state index contributed by atoms with van der Waals surface area (Å²) in [6.07, 6.45) is 0. The van der Waals surface area contributed by atoms with Crippen molar-refractivity contribution in [2.45, 2.75) is 26.7 Å². The summed E-state index contributed by atoms with van der Waals surface area (Å²) in [7, 11) is 0. The van der Waals surface area contributed by atoms with Gasteiger partial charge in [0, 0.05) is 0 Å². The van der Waals surface area contributed by atoms with Gasteiger partial charge in [0.1, 0.15) is 0 Å². The second-order valence-corrected chi connectivity index (χ2v) is 5.30. The lowest BCUT2D eigenvalue weighted by molar-refractivity contribution is 0.317. The molecule has 17 heavy (non-hydrogen) atoms. The quantitative estimate of drug-likeness (QED) is 0.843. The first-order valence-electron chi connectivity index (χ1n) is 6.18. The van der Waals surface area contributed by atoms with E-state index in [9.17, 15) is 5.11 Å². The van der Waals surface area contributed by atoms with Crippen LogP contribution in [0.4, 0.5) is 0 Å². The van der Waals surface area contributed by atoms with Gasteiger partial charge in [-0.15, -0.1) is 0 Å². The van der Waals surface area contributed by atoms with Crippen LogP contribution >= 0.6 is 0 Å². The Kier molecular flexibility index (Phi) is 3.04. The molecule has 0 aliphatic heterocycles. The minimum absolute atomic E-state index is 0.207. The molecule has 1 fully saturated rings. The lowest BCUT2D eigenvalue weighted by Gasteiger charge is -2.09. The number of nitrogens with two attached hydrogens (primary N) is 1. The fourth-order valence-corrected chi connectivity index (χ4v) is 2.84. The largest absolute Gasteiger partial charge is 0.504 e. The molecule has 0 bridgehead atoms. The molecule has 2 rings (SSSR count). The number of phenolic OH excluding ortho intramolecular Hbond substituents is 1. The summed E-state index contributed by atoms with van der Waals surface area (Å²) >= 11 is 0. The molecule has 1 aliphatic carbocycles. The molecule has 0 heterocycles. The van der Waals surface area contributed by atoms with Crippen molar-refractivity contribution >= 4 is 0 Å². The van der Waals surface area contributed by atoms with Crippen molar-refractivity contribution in [2.24, 2.45) is 17.1 Å². The van der Waals surface area contributed by atoms with Gasteiger partial charge in [-0.25, -0.2) is 0 Å². The van der Waals surface area contributed by atoms with Crippen molar-refractivity contribution in [1.82, 2.24) is 0 Å². The molecule has 94 valence electrons. The third-order valence-corrected chi connectivity index (χ3v) is 3.95. The first-order valence-corrected chi connectivity index (χ1v) is 6.18. The first-order chi connectivity index (χ1) is 8.02. The summed E-state index contributed by atoms with van der Waals surface area (Å²) in [6.45, 7) is 7.66. The number of phenols is 1. The van der Waals surface area contributed by atoms with Crippen LogP contribution in [0.3, 0.4) is 0 Å². The van der Waals surface area contributed by atoms with E-state index in [1.54, 1.807) is 6.07 Å². The van der Waals surface area contributed by atoms with E-state index in [4.69, 9.17) is 10.5 Å². The maximum atomic E-state index is 9.67. The fraction of sp³-hybridized carbons (Fsp3) is 0.571. The number of hydrogen-bond acceptors (Lipinski definition) is 3. The Hall–Kier alpha value is -1.22.